The molecule has 2 aliphatic heterocycles. The Kier molecular flexibility index (Phi) is 1.92. The Morgan fingerprint density at radius 3 is 3.07 bits per heavy atom. The molecule has 3 rings (SSSR count). The zero-order valence-electron chi connectivity index (χ0n) is 8.34. The Bertz CT molecular complexity index is 500. The Morgan fingerprint density at radius 1 is 1.27 bits per heavy atom. The van der Waals surface area contributed by atoms with Gasteiger partial charge in [0.1, 0.15) is 0 Å². The van der Waals surface area contributed by atoms with Gasteiger partial charge >= 0.3 is 0 Å². The largest absolute Gasteiger partial charge is 0.292 e. The van der Waals surface area contributed by atoms with Gasteiger partial charge in [-0.15, -0.1) is 0 Å². The van der Waals surface area contributed by atoms with E-state index in [4.69, 9.17) is 0 Å². The topological polar surface area (TPSA) is 15.6 Å². The minimum absolute atomic E-state index is 1.04. The summed E-state index contributed by atoms with van der Waals surface area (Å²) in [4.78, 5) is 6.62. The second-order valence-electron chi connectivity index (χ2n) is 3.50. The number of hydrogen-bond acceptors (Lipinski definition) is 3. The summed E-state index contributed by atoms with van der Waals surface area (Å²) in [6.45, 7) is 2.11. The number of allylic oxidation sites excluding steroid dienone is 1. The highest BCUT2D eigenvalue weighted by atomic mass is 32.2. The average Bonchev–Trinajstić information content (AvgIpc) is 2.52. The van der Waals surface area contributed by atoms with Crippen molar-refractivity contribution in [3.8, 4) is 0 Å². The molecule has 1 aromatic rings. The number of nitrogens with zero attached hydrogens (tertiary/aromatic N) is 2. The maximum atomic E-state index is 4.42. The van der Waals surface area contributed by atoms with Crippen molar-refractivity contribution in [2.75, 3.05) is 4.90 Å². The molecule has 0 N–H and O–H groups in total. The minimum atomic E-state index is 1.04. The number of fused-ring (bicyclic) bond motifs is 3. The first kappa shape index (κ1) is 8.80. The van der Waals surface area contributed by atoms with Gasteiger partial charge in [-0.1, -0.05) is 30.0 Å². The van der Waals surface area contributed by atoms with Crippen molar-refractivity contribution in [2.45, 2.75) is 6.92 Å². The number of hydrogen-bond donors (Lipinski definition) is 0. The number of thioether (sulfide) groups is 1. The van der Waals surface area contributed by atoms with Crippen LogP contribution >= 0.6 is 11.8 Å². The Hall–Kier alpha value is -1.48. The third-order valence-electron chi connectivity index (χ3n) is 2.50. The van der Waals surface area contributed by atoms with Crippen molar-refractivity contribution in [1.29, 1.82) is 0 Å². The van der Waals surface area contributed by atoms with Gasteiger partial charge in [-0.2, -0.15) is 0 Å². The van der Waals surface area contributed by atoms with Crippen LogP contribution in [-0.4, -0.2) is 5.17 Å². The van der Waals surface area contributed by atoms with E-state index in [1.165, 1.54) is 16.9 Å². The van der Waals surface area contributed by atoms with Crippen LogP contribution in [0.15, 0.2) is 46.6 Å². The van der Waals surface area contributed by atoms with Gasteiger partial charge in [0.25, 0.3) is 0 Å². The molecule has 0 spiro atoms. The summed E-state index contributed by atoms with van der Waals surface area (Å²) >= 11 is 1.67. The van der Waals surface area contributed by atoms with Gasteiger partial charge in [0.2, 0.25) is 0 Å². The molecule has 3 heteroatoms. The molecule has 0 unspecified atom stereocenters. The zero-order valence-corrected chi connectivity index (χ0v) is 9.16. The van der Waals surface area contributed by atoms with Gasteiger partial charge in [0.15, 0.2) is 5.17 Å². The average molecular weight is 214 g/mol. The summed E-state index contributed by atoms with van der Waals surface area (Å²) in [7, 11) is 0. The monoisotopic (exact) mass is 214 g/mol. The second kappa shape index (κ2) is 3.28. The lowest BCUT2D eigenvalue weighted by molar-refractivity contribution is 1.23. The van der Waals surface area contributed by atoms with Crippen LogP contribution in [-0.2, 0) is 0 Å². The molecule has 0 saturated carbocycles. The summed E-state index contributed by atoms with van der Waals surface area (Å²) < 4.78 is 0. The predicted molar refractivity (Wildman–Crippen MR) is 66.7 cm³/mol. The molecule has 2 aliphatic rings. The molecule has 0 amide bonds. The van der Waals surface area contributed by atoms with Crippen LogP contribution in [0.1, 0.15) is 12.5 Å². The van der Waals surface area contributed by atoms with Crippen molar-refractivity contribution in [2.24, 2.45) is 4.99 Å². The van der Waals surface area contributed by atoms with E-state index in [9.17, 15) is 0 Å². The third-order valence-corrected chi connectivity index (χ3v) is 3.45. The summed E-state index contributed by atoms with van der Waals surface area (Å²) in [6, 6.07) is 8.35. The fourth-order valence-corrected chi connectivity index (χ4v) is 2.64. The van der Waals surface area contributed by atoms with E-state index in [0.717, 1.165) is 5.17 Å². The van der Waals surface area contributed by atoms with Crippen molar-refractivity contribution < 1.29 is 0 Å². The maximum Gasteiger partial charge on any atom is 0.177 e. The summed E-state index contributed by atoms with van der Waals surface area (Å²) in [5.74, 6) is 0. The molecule has 0 radical (unpaired) electrons. The Balaban J connectivity index is 2.22. The SMILES string of the molecule is CC1=CSC2=NC=Cc3ccccc3N12. The number of aliphatic imine (C=N–C) groups is 1. The number of anilines is 1. The van der Waals surface area contributed by atoms with Crippen molar-refractivity contribution in [3.63, 3.8) is 0 Å². The number of rotatable bonds is 0. The molecule has 2 nitrogen and oxygen atoms in total. The van der Waals surface area contributed by atoms with Crippen molar-refractivity contribution in [3.05, 3.63) is 47.1 Å². The van der Waals surface area contributed by atoms with E-state index in [1.807, 2.05) is 6.20 Å². The van der Waals surface area contributed by atoms with Crippen molar-refractivity contribution >= 4 is 28.7 Å². The van der Waals surface area contributed by atoms with E-state index in [2.05, 4.69) is 52.6 Å². The van der Waals surface area contributed by atoms with E-state index in [1.54, 1.807) is 11.8 Å². The highest BCUT2D eigenvalue weighted by molar-refractivity contribution is 8.17. The van der Waals surface area contributed by atoms with Gasteiger partial charge in [-0.25, -0.2) is 4.99 Å². The number of benzene rings is 1. The third kappa shape index (κ3) is 1.31. The lowest BCUT2D eigenvalue weighted by atomic mass is 10.1. The molecular weight excluding hydrogens is 204 g/mol. The van der Waals surface area contributed by atoms with Crippen LogP contribution in [0.25, 0.3) is 6.08 Å². The fourth-order valence-electron chi connectivity index (χ4n) is 1.79. The van der Waals surface area contributed by atoms with Crippen LogP contribution < -0.4 is 4.90 Å². The summed E-state index contributed by atoms with van der Waals surface area (Å²) in [5.41, 5.74) is 3.66. The normalized spacial score (nSPS) is 17.8. The minimum Gasteiger partial charge on any atom is -0.292 e. The molecule has 0 saturated heterocycles. The smallest absolute Gasteiger partial charge is 0.177 e. The first-order valence-electron chi connectivity index (χ1n) is 4.83. The van der Waals surface area contributed by atoms with E-state index < -0.39 is 0 Å². The number of para-hydroxylation sites is 1. The van der Waals surface area contributed by atoms with E-state index in [0.29, 0.717) is 0 Å². The molecule has 0 fully saturated rings. The molecule has 0 atom stereocenters. The maximum absolute atomic E-state index is 4.42. The van der Waals surface area contributed by atoms with Gasteiger partial charge in [-0.3, -0.25) is 4.90 Å². The van der Waals surface area contributed by atoms with Gasteiger partial charge in [-0.05, 0) is 24.5 Å². The molecule has 0 bridgehead atoms. The highest BCUT2D eigenvalue weighted by Gasteiger charge is 2.23. The summed E-state index contributed by atoms with van der Waals surface area (Å²) in [5, 5.41) is 3.17. The summed E-state index contributed by atoms with van der Waals surface area (Å²) in [6.07, 6.45) is 3.92. The van der Waals surface area contributed by atoms with Crippen LogP contribution in [0.2, 0.25) is 0 Å². The quantitative estimate of drug-likeness (QED) is 0.657. The Morgan fingerprint density at radius 2 is 2.13 bits per heavy atom. The van der Waals surface area contributed by atoms with Crippen LogP contribution in [0.3, 0.4) is 0 Å². The fraction of sp³-hybridized carbons (Fsp3) is 0.0833. The first-order chi connectivity index (χ1) is 7.36. The predicted octanol–water partition coefficient (Wildman–Crippen LogP) is 3.44. The molecule has 0 aromatic heterocycles. The molecule has 1 aromatic carbocycles. The molecule has 0 aliphatic carbocycles. The Labute approximate surface area is 93.0 Å². The lowest BCUT2D eigenvalue weighted by Gasteiger charge is -2.20. The van der Waals surface area contributed by atoms with E-state index in [-0.39, 0.29) is 0 Å². The van der Waals surface area contributed by atoms with Gasteiger partial charge in [0, 0.05) is 17.5 Å². The molecule has 74 valence electrons. The van der Waals surface area contributed by atoms with Gasteiger partial charge in [0.05, 0.1) is 5.69 Å². The molecule has 15 heavy (non-hydrogen) atoms. The van der Waals surface area contributed by atoms with Crippen LogP contribution in [0, 0.1) is 0 Å². The second-order valence-corrected chi connectivity index (χ2v) is 4.34. The van der Waals surface area contributed by atoms with Crippen LogP contribution in [0.5, 0.6) is 0 Å². The first-order valence-corrected chi connectivity index (χ1v) is 5.71. The van der Waals surface area contributed by atoms with E-state index >= 15 is 0 Å². The zero-order chi connectivity index (χ0) is 10.3. The molecule has 2 heterocycles. The van der Waals surface area contributed by atoms with Gasteiger partial charge < -0.3 is 0 Å². The highest BCUT2D eigenvalue weighted by Crippen LogP contribution is 2.35. The van der Waals surface area contributed by atoms with Crippen LogP contribution in [0.4, 0.5) is 5.69 Å². The molecular formula is C12H10N2S. The number of amidine groups is 1. The lowest BCUT2D eigenvalue weighted by Crippen LogP contribution is -2.22. The standard InChI is InChI=1S/C12H10N2S/c1-9-8-15-12-13-7-6-10-4-2-3-5-11(10)14(9)12/h2-8H,1H3. The van der Waals surface area contributed by atoms with Crippen molar-refractivity contribution in [1.82, 2.24) is 0 Å².